The summed E-state index contributed by atoms with van der Waals surface area (Å²) < 4.78 is 11.6. The van der Waals surface area contributed by atoms with Crippen molar-refractivity contribution in [1.29, 1.82) is 0 Å². The van der Waals surface area contributed by atoms with Crippen LogP contribution in [0.3, 0.4) is 0 Å². The average Bonchev–Trinajstić information content (AvgIpc) is 2.91. The van der Waals surface area contributed by atoms with Gasteiger partial charge >= 0.3 is 11.9 Å². The first-order valence-corrected chi connectivity index (χ1v) is 9.33. The molecule has 0 spiro atoms. The zero-order valence-corrected chi connectivity index (χ0v) is 15.0. The lowest BCUT2D eigenvalue weighted by Crippen LogP contribution is -2.42. The highest BCUT2D eigenvalue weighted by molar-refractivity contribution is 5.90. The predicted octanol–water partition coefficient (Wildman–Crippen LogP) is 4.43. The van der Waals surface area contributed by atoms with Gasteiger partial charge in [0.2, 0.25) is 0 Å². The molecule has 1 fully saturated rings. The van der Waals surface area contributed by atoms with E-state index in [0.717, 1.165) is 19.3 Å². The van der Waals surface area contributed by atoms with E-state index in [1.165, 1.54) is 0 Å². The molecule has 0 radical (unpaired) electrons. The fourth-order valence-electron chi connectivity index (χ4n) is 4.14. The topological polar surface area (TPSA) is 52.6 Å². The molecule has 4 rings (SSSR count). The van der Waals surface area contributed by atoms with E-state index in [-0.39, 0.29) is 36.0 Å². The molecular weight excluding hydrogens is 340 g/mol. The summed E-state index contributed by atoms with van der Waals surface area (Å²) in [5.41, 5.74) is 0.740. The van der Waals surface area contributed by atoms with Gasteiger partial charge in [-0.15, -0.1) is 0 Å². The fourth-order valence-corrected chi connectivity index (χ4v) is 4.14. The molecule has 3 unspecified atom stereocenters. The molecule has 0 amide bonds. The molecule has 4 heteroatoms. The first-order valence-electron chi connectivity index (χ1n) is 9.33. The van der Waals surface area contributed by atoms with Crippen LogP contribution in [0, 0.1) is 11.3 Å². The molecule has 0 aromatic heterocycles. The Balaban J connectivity index is 1.48. The van der Waals surface area contributed by atoms with Crippen LogP contribution in [0.4, 0.5) is 0 Å². The van der Waals surface area contributed by atoms with E-state index in [2.05, 4.69) is 12.2 Å². The van der Waals surface area contributed by atoms with Crippen molar-refractivity contribution in [2.45, 2.75) is 25.4 Å². The summed E-state index contributed by atoms with van der Waals surface area (Å²) in [5, 5.41) is 0. The van der Waals surface area contributed by atoms with E-state index >= 15 is 0 Å². The fraction of sp³-hybridized carbons (Fsp3) is 0.304. The average molecular weight is 362 g/mol. The Morgan fingerprint density at radius 1 is 0.926 bits per heavy atom. The normalized spacial score (nSPS) is 25.8. The van der Waals surface area contributed by atoms with Crippen molar-refractivity contribution in [1.82, 2.24) is 0 Å². The lowest BCUT2D eigenvalue weighted by molar-refractivity contribution is -0.0447. The van der Waals surface area contributed by atoms with Crippen molar-refractivity contribution >= 4 is 11.9 Å². The lowest BCUT2D eigenvalue weighted by Gasteiger charge is -2.37. The predicted molar refractivity (Wildman–Crippen MR) is 101 cm³/mol. The molecule has 0 saturated heterocycles. The number of hydrogen-bond acceptors (Lipinski definition) is 4. The highest BCUT2D eigenvalue weighted by Crippen LogP contribution is 2.50. The molecule has 2 aliphatic carbocycles. The van der Waals surface area contributed by atoms with Crippen molar-refractivity contribution in [3.05, 3.63) is 83.9 Å². The van der Waals surface area contributed by atoms with Gasteiger partial charge in [-0.3, -0.25) is 0 Å². The number of benzene rings is 2. The Bertz CT molecular complexity index is 843. The van der Waals surface area contributed by atoms with E-state index in [0.29, 0.717) is 11.1 Å². The lowest BCUT2D eigenvalue weighted by atomic mass is 9.77. The second kappa shape index (κ2) is 7.39. The molecule has 3 atom stereocenters. The number of esters is 2. The molecule has 27 heavy (non-hydrogen) atoms. The van der Waals surface area contributed by atoms with Crippen molar-refractivity contribution in [3.8, 4) is 0 Å². The zero-order chi connectivity index (χ0) is 18.7. The molecule has 138 valence electrons. The van der Waals surface area contributed by atoms with Gasteiger partial charge in [0.1, 0.15) is 12.7 Å². The molecule has 2 aromatic carbocycles. The molecule has 0 heterocycles. The van der Waals surface area contributed by atoms with Crippen LogP contribution in [0.5, 0.6) is 0 Å². The smallest absolute Gasteiger partial charge is 0.338 e. The summed E-state index contributed by atoms with van der Waals surface area (Å²) in [5.74, 6) is -0.473. The number of ether oxygens (including phenoxy) is 2. The van der Waals surface area contributed by atoms with Gasteiger partial charge < -0.3 is 9.47 Å². The Morgan fingerprint density at radius 3 is 2.22 bits per heavy atom. The minimum atomic E-state index is -0.339. The zero-order valence-electron chi connectivity index (χ0n) is 15.0. The molecule has 2 aromatic rings. The van der Waals surface area contributed by atoms with Crippen LogP contribution in [0.1, 0.15) is 40.0 Å². The van der Waals surface area contributed by atoms with Crippen molar-refractivity contribution in [2.75, 3.05) is 6.61 Å². The number of carbonyl (C=O) groups excluding carboxylic acids is 2. The van der Waals surface area contributed by atoms with E-state index < -0.39 is 0 Å². The van der Waals surface area contributed by atoms with Gasteiger partial charge in [-0.2, -0.15) is 0 Å². The van der Waals surface area contributed by atoms with Crippen LogP contribution in [0.2, 0.25) is 0 Å². The van der Waals surface area contributed by atoms with Crippen LogP contribution < -0.4 is 0 Å². The van der Waals surface area contributed by atoms with E-state index in [4.69, 9.17) is 9.47 Å². The first-order chi connectivity index (χ1) is 13.2. The van der Waals surface area contributed by atoms with Gasteiger partial charge in [-0.25, -0.2) is 9.59 Å². The Hall–Kier alpha value is -2.88. The second-order valence-corrected chi connectivity index (χ2v) is 7.33. The summed E-state index contributed by atoms with van der Waals surface area (Å²) in [6.45, 7) is 0.258. The monoisotopic (exact) mass is 362 g/mol. The first kappa shape index (κ1) is 17.5. The van der Waals surface area contributed by atoms with Gasteiger partial charge in [0.25, 0.3) is 0 Å². The van der Waals surface area contributed by atoms with Crippen LogP contribution in [-0.4, -0.2) is 24.6 Å². The Labute approximate surface area is 158 Å². The standard InChI is InChI=1S/C23H22O4/c24-21(18-8-3-1-4-9-18)26-16-23-14-7-12-17(13-15-23)20(23)27-22(25)19-10-5-2-6-11-19/h1-12,17,20H,13-16H2. The third kappa shape index (κ3) is 3.52. The maximum atomic E-state index is 12.6. The highest BCUT2D eigenvalue weighted by atomic mass is 16.6. The van der Waals surface area contributed by atoms with Crippen LogP contribution in [0.25, 0.3) is 0 Å². The number of fused-ring (bicyclic) bond motifs is 2. The molecule has 0 N–H and O–H groups in total. The minimum Gasteiger partial charge on any atom is -0.461 e. The third-order valence-electron chi connectivity index (χ3n) is 5.62. The Morgan fingerprint density at radius 2 is 1.56 bits per heavy atom. The van der Waals surface area contributed by atoms with Crippen molar-refractivity contribution in [3.63, 3.8) is 0 Å². The summed E-state index contributed by atoms with van der Waals surface area (Å²) in [4.78, 5) is 24.9. The number of rotatable bonds is 5. The quantitative estimate of drug-likeness (QED) is 0.583. The van der Waals surface area contributed by atoms with Gasteiger partial charge in [0, 0.05) is 11.3 Å². The molecule has 1 saturated carbocycles. The van der Waals surface area contributed by atoms with Crippen molar-refractivity contribution < 1.29 is 19.1 Å². The second-order valence-electron chi connectivity index (χ2n) is 7.33. The largest absolute Gasteiger partial charge is 0.461 e. The van der Waals surface area contributed by atoms with Crippen molar-refractivity contribution in [2.24, 2.45) is 11.3 Å². The summed E-state index contributed by atoms with van der Waals surface area (Å²) in [6.07, 6.45) is 6.55. The minimum absolute atomic E-state index is 0.182. The number of allylic oxidation sites excluding steroid dienone is 1. The van der Waals surface area contributed by atoms with Gasteiger partial charge in [-0.05, 0) is 43.5 Å². The highest BCUT2D eigenvalue weighted by Gasteiger charge is 2.52. The number of carbonyl (C=O) groups is 2. The van der Waals surface area contributed by atoms with Gasteiger partial charge in [-0.1, -0.05) is 48.6 Å². The molecule has 0 aliphatic heterocycles. The molecule has 4 nitrogen and oxygen atoms in total. The molecule has 2 aliphatic rings. The van der Waals surface area contributed by atoms with E-state index in [9.17, 15) is 9.59 Å². The van der Waals surface area contributed by atoms with Crippen LogP contribution in [0.15, 0.2) is 72.8 Å². The van der Waals surface area contributed by atoms with Gasteiger partial charge in [0.05, 0.1) is 11.1 Å². The SMILES string of the molecule is O=C(OCC12CC=CC(CC1)C2OC(=O)c1ccccc1)c1ccccc1. The van der Waals surface area contributed by atoms with E-state index in [1.807, 2.05) is 36.4 Å². The van der Waals surface area contributed by atoms with Crippen LogP contribution in [-0.2, 0) is 9.47 Å². The summed E-state index contributed by atoms with van der Waals surface area (Å²) in [6, 6.07) is 18.0. The molecular formula is C23H22O4. The van der Waals surface area contributed by atoms with E-state index in [1.54, 1.807) is 24.3 Å². The van der Waals surface area contributed by atoms with Gasteiger partial charge in [0.15, 0.2) is 0 Å². The Kier molecular flexibility index (Phi) is 4.80. The summed E-state index contributed by atoms with van der Waals surface area (Å²) in [7, 11) is 0. The number of hydrogen-bond donors (Lipinski definition) is 0. The summed E-state index contributed by atoms with van der Waals surface area (Å²) >= 11 is 0. The molecule has 2 bridgehead atoms. The third-order valence-corrected chi connectivity index (χ3v) is 5.62. The maximum absolute atomic E-state index is 12.6. The van der Waals surface area contributed by atoms with Crippen LogP contribution >= 0.6 is 0 Å². The maximum Gasteiger partial charge on any atom is 0.338 e.